The van der Waals surface area contributed by atoms with Crippen LogP contribution in [0.1, 0.15) is 57.6 Å². The Hall–Kier alpha value is -3.06. The number of anilines is 1. The second kappa shape index (κ2) is 12.5. The Balaban J connectivity index is 0.000000245. The van der Waals surface area contributed by atoms with Crippen LogP contribution >= 0.6 is 0 Å². The molecule has 2 aromatic heterocycles. The minimum atomic E-state index is 0.226. The highest BCUT2D eigenvalue weighted by atomic mass is 15.3. The summed E-state index contributed by atoms with van der Waals surface area (Å²) in [5, 5.41) is 6.45. The van der Waals surface area contributed by atoms with Crippen LogP contribution in [0.2, 0.25) is 0 Å². The molecule has 0 bridgehead atoms. The average molecular weight is 504 g/mol. The van der Waals surface area contributed by atoms with E-state index in [-0.39, 0.29) is 6.17 Å². The molecule has 1 atom stereocenters. The Bertz CT molecular complexity index is 1150. The van der Waals surface area contributed by atoms with Gasteiger partial charge in [-0.25, -0.2) is 4.98 Å². The van der Waals surface area contributed by atoms with E-state index in [9.17, 15) is 0 Å². The maximum Gasteiger partial charge on any atom is 0.141 e. The molecule has 0 aromatic carbocycles. The van der Waals surface area contributed by atoms with Gasteiger partial charge in [-0.15, -0.1) is 0 Å². The molecule has 4 heterocycles. The van der Waals surface area contributed by atoms with Gasteiger partial charge >= 0.3 is 0 Å². The summed E-state index contributed by atoms with van der Waals surface area (Å²) in [5.41, 5.74) is 8.74. The van der Waals surface area contributed by atoms with Crippen molar-refractivity contribution in [2.24, 2.45) is 10.9 Å². The number of allylic oxidation sites excluding steroid dienone is 4. The van der Waals surface area contributed by atoms with E-state index in [1.54, 1.807) is 0 Å². The number of aromatic nitrogens is 2. The van der Waals surface area contributed by atoms with Crippen molar-refractivity contribution >= 4 is 17.5 Å². The number of piperazine rings is 1. The molecule has 5 rings (SSSR count). The number of hydrogen-bond acceptors (Lipinski definition) is 6. The fourth-order valence-electron chi connectivity index (χ4n) is 5.50. The quantitative estimate of drug-likeness (QED) is 0.556. The average Bonchev–Trinajstić information content (AvgIpc) is 3.60. The van der Waals surface area contributed by atoms with Crippen molar-refractivity contribution in [3.63, 3.8) is 0 Å². The molecule has 3 aliphatic rings. The number of nitrogens with one attached hydrogen (secondary N) is 2. The Labute approximate surface area is 223 Å². The topological polar surface area (TPSA) is 60.2 Å². The first kappa shape index (κ1) is 27.0. The van der Waals surface area contributed by atoms with Crippen molar-refractivity contribution in [3.8, 4) is 0 Å². The highest BCUT2D eigenvalue weighted by Crippen LogP contribution is 2.32. The Morgan fingerprint density at radius 3 is 2.54 bits per heavy atom. The maximum atomic E-state index is 4.60. The van der Waals surface area contributed by atoms with Gasteiger partial charge < -0.3 is 19.9 Å². The molecule has 0 amide bonds. The molecule has 0 radical (unpaired) electrons. The number of nitrogens with zero attached hydrogens (tertiary/aromatic N) is 5. The van der Waals surface area contributed by atoms with E-state index in [0.717, 1.165) is 49.9 Å². The van der Waals surface area contributed by atoms with Gasteiger partial charge in [0.2, 0.25) is 0 Å². The zero-order valence-corrected chi connectivity index (χ0v) is 23.4. The third kappa shape index (κ3) is 6.83. The Kier molecular flexibility index (Phi) is 9.09. The van der Waals surface area contributed by atoms with Crippen LogP contribution in [0.25, 0.3) is 5.65 Å². The number of fused-ring (bicyclic) bond motifs is 1. The number of imidazole rings is 1. The van der Waals surface area contributed by atoms with E-state index >= 15 is 0 Å². The van der Waals surface area contributed by atoms with Gasteiger partial charge in [0.25, 0.3) is 0 Å². The smallest absolute Gasteiger partial charge is 0.141 e. The van der Waals surface area contributed by atoms with Crippen LogP contribution < -0.4 is 10.6 Å². The van der Waals surface area contributed by atoms with Gasteiger partial charge in [-0.2, -0.15) is 0 Å². The summed E-state index contributed by atoms with van der Waals surface area (Å²) >= 11 is 0. The first-order valence-corrected chi connectivity index (χ1v) is 13.8. The standard InChI is InChI=1S/C21H31N5.C9H14N2/c1-16-19(21-23-8-9-26(21)15-20(16)22-3)14-24-10-12-25(13-11-24)17(2)18-6-4-5-7-18;1-7(2)4-9-5-10-8(3)11-6-9/h8-9,15,18,22H,2,4-7,10-14H2,1,3H3;4-6,8,10H,1-3H3. The number of rotatable bonds is 6. The monoisotopic (exact) mass is 503 g/mol. The van der Waals surface area contributed by atoms with E-state index in [0.29, 0.717) is 0 Å². The second-order valence-electron chi connectivity index (χ2n) is 10.8. The summed E-state index contributed by atoms with van der Waals surface area (Å²) in [4.78, 5) is 13.9. The third-order valence-electron chi connectivity index (χ3n) is 7.71. The third-order valence-corrected chi connectivity index (χ3v) is 7.71. The van der Waals surface area contributed by atoms with Crippen LogP contribution in [-0.2, 0) is 6.54 Å². The Morgan fingerprint density at radius 1 is 1.19 bits per heavy atom. The van der Waals surface area contributed by atoms with Crippen LogP contribution in [0.5, 0.6) is 0 Å². The molecular weight excluding hydrogens is 458 g/mol. The molecule has 2 fully saturated rings. The predicted molar refractivity (Wildman–Crippen MR) is 156 cm³/mol. The molecule has 0 spiro atoms. The number of hydrogen-bond donors (Lipinski definition) is 2. The van der Waals surface area contributed by atoms with Crippen molar-refractivity contribution in [2.75, 3.05) is 38.5 Å². The molecule has 1 saturated carbocycles. The summed E-state index contributed by atoms with van der Waals surface area (Å²) in [7, 11) is 1.99. The van der Waals surface area contributed by atoms with Gasteiger partial charge in [-0.05, 0) is 52.0 Å². The van der Waals surface area contributed by atoms with Crippen LogP contribution in [0, 0.1) is 12.8 Å². The summed E-state index contributed by atoms with van der Waals surface area (Å²) in [6.07, 6.45) is 17.7. The maximum absolute atomic E-state index is 4.60. The van der Waals surface area contributed by atoms with E-state index in [1.165, 1.54) is 53.8 Å². The SMILES string of the molecule is C=C(C1CCCC1)N1CCN(Cc2c(C)c(NC)cn3ccnc23)CC1.CC(C)=CC1=CNC(C)N=C1. The van der Waals surface area contributed by atoms with Gasteiger partial charge in [0.1, 0.15) is 11.8 Å². The first-order chi connectivity index (χ1) is 17.9. The van der Waals surface area contributed by atoms with Crippen molar-refractivity contribution in [1.82, 2.24) is 24.5 Å². The zero-order chi connectivity index (χ0) is 26.4. The van der Waals surface area contributed by atoms with E-state index in [2.05, 4.69) is 74.4 Å². The summed E-state index contributed by atoms with van der Waals surface area (Å²) in [6.45, 7) is 18.2. The molecule has 2 N–H and O–H groups in total. The largest absolute Gasteiger partial charge is 0.387 e. The van der Waals surface area contributed by atoms with Crippen LogP contribution in [-0.4, -0.2) is 64.8 Å². The normalized spacial score (nSPS) is 20.2. The molecule has 2 aromatic rings. The summed E-state index contributed by atoms with van der Waals surface area (Å²) < 4.78 is 2.13. The van der Waals surface area contributed by atoms with E-state index < -0.39 is 0 Å². The van der Waals surface area contributed by atoms with Crippen molar-refractivity contribution < 1.29 is 0 Å². The lowest BCUT2D eigenvalue weighted by atomic mass is 10.0. The molecule has 1 aliphatic carbocycles. The van der Waals surface area contributed by atoms with E-state index in [4.69, 9.17) is 0 Å². The van der Waals surface area contributed by atoms with Crippen molar-refractivity contribution in [2.45, 2.75) is 66.1 Å². The van der Waals surface area contributed by atoms with E-state index in [1.807, 2.05) is 38.8 Å². The molecule has 37 heavy (non-hydrogen) atoms. The van der Waals surface area contributed by atoms with Gasteiger partial charge in [0.05, 0.1) is 5.69 Å². The van der Waals surface area contributed by atoms with Gasteiger partial charge in [-0.3, -0.25) is 9.89 Å². The highest BCUT2D eigenvalue weighted by Gasteiger charge is 2.25. The first-order valence-electron chi connectivity index (χ1n) is 13.8. The molecule has 2 aliphatic heterocycles. The number of pyridine rings is 1. The minimum Gasteiger partial charge on any atom is -0.387 e. The summed E-state index contributed by atoms with van der Waals surface area (Å²) in [6, 6.07) is 0. The molecular formula is C30H45N7. The van der Waals surface area contributed by atoms with Crippen LogP contribution in [0.15, 0.2) is 59.3 Å². The molecule has 7 nitrogen and oxygen atoms in total. The zero-order valence-electron chi connectivity index (χ0n) is 23.4. The highest BCUT2D eigenvalue weighted by molar-refractivity contribution is 5.83. The van der Waals surface area contributed by atoms with Gasteiger partial charge in [-0.1, -0.05) is 31.1 Å². The minimum absolute atomic E-state index is 0.226. The fourth-order valence-corrected chi connectivity index (χ4v) is 5.50. The van der Waals surface area contributed by atoms with Gasteiger partial charge in [0.15, 0.2) is 0 Å². The van der Waals surface area contributed by atoms with Crippen molar-refractivity contribution in [3.05, 3.63) is 65.4 Å². The lowest BCUT2D eigenvalue weighted by molar-refractivity contribution is 0.143. The fraction of sp³-hybridized carbons (Fsp3) is 0.533. The Morgan fingerprint density at radius 2 is 1.92 bits per heavy atom. The summed E-state index contributed by atoms with van der Waals surface area (Å²) in [5.74, 6) is 0.737. The van der Waals surface area contributed by atoms with Gasteiger partial charge in [0, 0.05) is 87.6 Å². The van der Waals surface area contributed by atoms with Crippen LogP contribution in [0.3, 0.4) is 0 Å². The number of aliphatic imine (C=N–C) groups is 1. The second-order valence-corrected chi connectivity index (χ2v) is 10.8. The van der Waals surface area contributed by atoms with Crippen molar-refractivity contribution in [1.29, 1.82) is 0 Å². The van der Waals surface area contributed by atoms with Crippen LogP contribution in [0.4, 0.5) is 5.69 Å². The molecule has 1 unspecified atom stereocenters. The predicted octanol–water partition coefficient (Wildman–Crippen LogP) is 5.36. The molecule has 7 heteroatoms. The lowest BCUT2D eigenvalue weighted by Crippen LogP contribution is -2.46. The molecule has 1 saturated heterocycles. The molecule has 200 valence electrons. The lowest BCUT2D eigenvalue weighted by Gasteiger charge is -2.39.